The predicted octanol–water partition coefficient (Wildman–Crippen LogP) is 5.93. The van der Waals surface area contributed by atoms with Crippen molar-refractivity contribution in [1.29, 1.82) is 0 Å². The zero-order chi connectivity index (χ0) is 28.4. The maximum Gasteiger partial charge on any atom is 0.292 e. The van der Waals surface area contributed by atoms with Gasteiger partial charge >= 0.3 is 0 Å². The number of Topliss-reactive ketones (excluding diaryl/α,β-unsaturated/α-hetero) is 1. The Labute approximate surface area is 237 Å². The van der Waals surface area contributed by atoms with Gasteiger partial charge in [0.15, 0.2) is 5.82 Å². The highest BCUT2D eigenvalue weighted by molar-refractivity contribution is 7.13. The van der Waals surface area contributed by atoms with Crippen LogP contribution < -0.4 is 10.6 Å². The molecule has 2 amide bonds. The summed E-state index contributed by atoms with van der Waals surface area (Å²) in [6, 6.07) is 16.2. The van der Waals surface area contributed by atoms with Gasteiger partial charge in [-0.25, -0.2) is 14.4 Å². The largest absolute Gasteiger partial charge is 0.314 e. The summed E-state index contributed by atoms with van der Waals surface area (Å²) in [7, 11) is 0. The second-order valence-corrected chi connectivity index (χ2v) is 10.2. The van der Waals surface area contributed by atoms with Crippen molar-refractivity contribution in [3.05, 3.63) is 100 Å². The Kier molecular flexibility index (Phi) is 7.67. The van der Waals surface area contributed by atoms with Crippen LogP contribution in [0, 0.1) is 5.82 Å². The Hall–Kier alpha value is -4.48. The highest BCUT2D eigenvalue weighted by atomic mass is 35.5. The van der Waals surface area contributed by atoms with E-state index in [0.29, 0.717) is 16.6 Å². The molecule has 0 aliphatic carbocycles. The van der Waals surface area contributed by atoms with Gasteiger partial charge in [-0.1, -0.05) is 42.8 Å². The number of imidazole rings is 1. The quantitative estimate of drug-likeness (QED) is 0.236. The van der Waals surface area contributed by atoms with E-state index in [9.17, 15) is 18.8 Å². The fourth-order valence-electron chi connectivity index (χ4n) is 4.37. The van der Waals surface area contributed by atoms with Crippen LogP contribution in [0.2, 0.25) is 5.02 Å². The molecule has 0 unspecified atom stereocenters. The van der Waals surface area contributed by atoms with Crippen LogP contribution in [0.5, 0.6) is 0 Å². The first-order valence-corrected chi connectivity index (χ1v) is 13.3. The number of halogens is 2. The van der Waals surface area contributed by atoms with E-state index in [1.54, 1.807) is 37.3 Å². The summed E-state index contributed by atoms with van der Waals surface area (Å²) in [4.78, 5) is 47.8. The van der Waals surface area contributed by atoms with E-state index in [1.807, 2.05) is 12.1 Å². The summed E-state index contributed by atoms with van der Waals surface area (Å²) in [5, 5.41) is 6.36. The maximum atomic E-state index is 14.3. The summed E-state index contributed by atoms with van der Waals surface area (Å²) in [6.07, 6.45) is 1.51. The van der Waals surface area contributed by atoms with Gasteiger partial charge in [0.1, 0.15) is 23.1 Å². The molecular weight excluding hydrogens is 555 g/mol. The number of rotatable bonds is 8. The van der Waals surface area contributed by atoms with Crippen molar-refractivity contribution in [3.8, 4) is 0 Å². The number of nitrogens with one attached hydrogen (secondary N) is 2. The van der Waals surface area contributed by atoms with Gasteiger partial charge in [-0.15, -0.1) is 0 Å². The molecule has 5 aromatic rings. The van der Waals surface area contributed by atoms with Gasteiger partial charge in [-0.3, -0.25) is 14.4 Å². The van der Waals surface area contributed by atoms with Crippen LogP contribution in [-0.4, -0.2) is 36.5 Å². The molecule has 5 rings (SSSR count). The lowest BCUT2D eigenvalue weighted by Crippen LogP contribution is -2.22. The number of anilines is 2. The molecule has 1 atom stereocenters. The monoisotopic (exact) mass is 576 g/mol. The van der Waals surface area contributed by atoms with E-state index in [-0.39, 0.29) is 40.5 Å². The Morgan fingerprint density at radius 3 is 2.58 bits per heavy atom. The van der Waals surface area contributed by atoms with Crippen LogP contribution >= 0.6 is 23.1 Å². The first-order chi connectivity index (χ1) is 19.2. The number of pyridine rings is 1. The van der Waals surface area contributed by atoms with Gasteiger partial charge in [-0.2, -0.15) is 4.37 Å². The third kappa shape index (κ3) is 5.47. The molecule has 0 radical (unpaired) electrons. The van der Waals surface area contributed by atoms with Crippen molar-refractivity contribution in [1.82, 2.24) is 18.9 Å². The van der Waals surface area contributed by atoms with Crippen LogP contribution in [0.4, 0.5) is 16.0 Å². The van der Waals surface area contributed by atoms with Gasteiger partial charge in [0.25, 0.3) is 11.8 Å². The molecule has 3 aromatic heterocycles. The Morgan fingerprint density at radius 2 is 1.82 bits per heavy atom. The molecule has 0 saturated carbocycles. The lowest BCUT2D eigenvalue weighted by Gasteiger charge is -2.19. The number of fused-ring (bicyclic) bond motifs is 1. The second kappa shape index (κ2) is 11.3. The molecule has 0 bridgehead atoms. The Morgan fingerprint density at radius 1 is 1.05 bits per heavy atom. The average molecular weight is 577 g/mol. The van der Waals surface area contributed by atoms with Gasteiger partial charge < -0.3 is 15.2 Å². The van der Waals surface area contributed by atoms with E-state index in [4.69, 9.17) is 11.6 Å². The molecule has 0 spiro atoms. The Bertz CT molecular complexity index is 1750. The van der Waals surface area contributed by atoms with Crippen LogP contribution in [0.15, 0.2) is 66.9 Å². The van der Waals surface area contributed by atoms with Crippen molar-refractivity contribution in [3.63, 3.8) is 0 Å². The number of hydrogen-bond donors (Lipinski definition) is 2. The number of hydrogen-bond acceptors (Lipinski definition) is 7. The molecule has 0 aliphatic rings. The van der Waals surface area contributed by atoms with E-state index in [2.05, 4.69) is 25.0 Å². The zero-order valence-corrected chi connectivity index (χ0v) is 22.9. The minimum Gasteiger partial charge on any atom is -0.314 e. The predicted molar refractivity (Wildman–Crippen MR) is 152 cm³/mol. The van der Waals surface area contributed by atoms with E-state index in [1.165, 1.54) is 47.4 Å². The van der Waals surface area contributed by atoms with E-state index >= 15 is 0 Å². The topological polar surface area (TPSA) is 119 Å². The first-order valence-electron chi connectivity index (χ1n) is 12.2. The fraction of sp³-hybridized carbons (Fsp3) is 0.143. The van der Waals surface area contributed by atoms with E-state index < -0.39 is 23.5 Å². The number of amides is 2. The third-order valence-corrected chi connectivity index (χ3v) is 7.33. The molecule has 0 saturated heterocycles. The van der Waals surface area contributed by atoms with Gasteiger partial charge in [-0.05, 0) is 60.4 Å². The summed E-state index contributed by atoms with van der Waals surface area (Å²) < 4.78 is 20.8. The van der Waals surface area contributed by atoms with Crippen LogP contribution in [-0.2, 0) is 11.3 Å². The lowest BCUT2D eigenvalue weighted by atomic mass is 9.96. The molecule has 2 N–H and O–H groups in total. The molecule has 40 heavy (non-hydrogen) atoms. The van der Waals surface area contributed by atoms with Gasteiger partial charge in [0.05, 0.1) is 16.9 Å². The molecule has 9 nitrogen and oxygen atoms in total. The maximum absolute atomic E-state index is 14.3. The molecule has 12 heteroatoms. The molecular formula is C28H22ClFN6O3S. The number of aromatic nitrogens is 4. The molecule has 3 heterocycles. The minimum atomic E-state index is -0.686. The number of benzene rings is 2. The summed E-state index contributed by atoms with van der Waals surface area (Å²) in [5.41, 5.74) is 0.864. The van der Waals surface area contributed by atoms with Crippen molar-refractivity contribution < 1.29 is 18.8 Å². The number of nitrogens with zero attached hydrogens (tertiary/aromatic N) is 4. The van der Waals surface area contributed by atoms with Crippen molar-refractivity contribution in [2.75, 3.05) is 10.6 Å². The zero-order valence-electron chi connectivity index (χ0n) is 21.3. The van der Waals surface area contributed by atoms with Crippen molar-refractivity contribution in [2.45, 2.75) is 26.3 Å². The minimum absolute atomic E-state index is 0.0160. The lowest BCUT2D eigenvalue weighted by molar-refractivity contribution is -0.117. The van der Waals surface area contributed by atoms with Gasteiger partial charge in [0.2, 0.25) is 5.82 Å². The standard InChI is InChI=1S/C28H22ClFN6O3S/c1-15(37)14-36-24(16(2)19-13-17(30)10-11-20(19)29)25(33-26(36)28(39)32-22-9-5-6-12-31-22)34-27(38)23-18-7-3-4-8-21(18)40-35-23/h3-13,16H,14H2,1-2H3,(H,34,38)(H,31,32,39)/t16-/m0/s1. The number of ketones is 1. The van der Waals surface area contributed by atoms with Crippen molar-refractivity contribution in [2.24, 2.45) is 0 Å². The van der Waals surface area contributed by atoms with Crippen LogP contribution in [0.3, 0.4) is 0 Å². The molecule has 202 valence electrons. The van der Waals surface area contributed by atoms with Crippen LogP contribution in [0.25, 0.3) is 10.1 Å². The summed E-state index contributed by atoms with van der Waals surface area (Å²) in [5.74, 6) is -2.54. The van der Waals surface area contributed by atoms with Crippen molar-refractivity contribution >= 4 is 62.5 Å². The van der Waals surface area contributed by atoms with Gasteiger partial charge in [0, 0.05) is 22.5 Å². The molecule has 2 aromatic carbocycles. The number of carbonyl (C=O) groups excluding carboxylic acids is 3. The smallest absolute Gasteiger partial charge is 0.292 e. The normalized spacial score (nSPS) is 11.8. The average Bonchev–Trinajstić information content (AvgIpc) is 3.51. The second-order valence-electron chi connectivity index (χ2n) is 9.00. The van der Waals surface area contributed by atoms with E-state index in [0.717, 1.165) is 4.70 Å². The SMILES string of the molecule is CC(=O)Cn1c(C(=O)Nc2ccccn2)nc(NC(=O)c2nsc3ccccc23)c1[C@@H](C)c1cc(F)ccc1Cl. The summed E-state index contributed by atoms with van der Waals surface area (Å²) >= 11 is 7.61. The molecule has 0 fully saturated rings. The highest BCUT2D eigenvalue weighted by Gasteiger charge is 2.30. The van der Waals surface area contributed by atoms with Crippen LogP contribution in [0.1, 0.15) is 52.1 Å². The number of carbonyl (C=O) groups is 3. The third-order valence-electron chi connectivity index (χ3n) is 6.16. The summed E-state index contributed by atoms with van der Waals surface area (Å²) in [6.45, 7) is 2.85. The molecule has 0 aliphatic heterocycles. The Balaban J connectivity index is 1.64. The first kappa shape index (κ1) is 27.1. The fourth-order valence-corrected chi connectivity index (χ4v) is 5.43. The highest BCUT2D eigenvalue weighted by Crippen LogP contribution is 2.36.